The highest BCUT2D eigenvalue weighted by Crippen LogP contribution is 2.38. The number of carbonyl (C=O) groups excluding carboxylic acids is 1. The summed E-state index contributed by atoms with van der Waals surface area (Å²) in [4.78, 5) is 12.9. The van der Waals surface area contributed by atoms with Gasteiger partial charge in [0.2, 0.25) is 0 Å². The van der Waals surface area contributed by atoms with Gasteiger partial charge in [0.25, 0.3) is 5.91 Å². The molecule has 2 aromatic carbocycles. The number of fused-ring (bicyclic) bond motifs is 3. The van der Waals surface area contributed by atoms with Gasteiger partial charge in [-0.1, -0.05) is 23.7 Å². The van der Waals surface area contributed by atoms with Crippen LogP contribution in [0.25, 0.3) is 11.3 Å². The van der Waals surface area contributed by atoms with Gasteiger partial charge in [-0.15, -0.1) is 0 Å². The van der Waals surface area contributed by atoms with E-state index >= 15 is 0 Å². The summed E-state index contributed by atoms with van der Waals surface area (Å²) in [5.74, 6) is -0.393. The maximum absolute atomic E-state index is 14.2. The second-order valence-corrected chi connectivity index (χ2v) is 8.58. The summed E-state index contributed by atoms with van der Waals surface area (Å²) < 4.78 is 35.7. The molecule has 0 bridgehead atoms. The molecule has 2 aromatic heterocycles. The van der Waals surface area contributed by atoms with E-state index in [0.717, 1.165) is 11.1 Å². The summed E-state index contributed by atoms with van der Waals surface area (Å²) in [5.41, 5.74) is 4.35. The minimum atomic E-state index is -0.454. The first-order valence-corrected chi connectivity index (χ1v) is 10.9. The topological polar surface area (TPSA) is 60.1 Å². The molecule has 0 fully saturated rings. The zero-order chi connectivity index (χ0) is 23.3. The quantitative estimate of drug-likeness (QED) is 0.395. The molecule has 1 N–H and O–H groups in total. The second kappa shape index (κ2) is 8.15. The maximum Gasteiger partial charge on any atom is 0.291 e. The van der Waals surface area contributed by atoms with Crippen molar-refractivity contribution in [3.8, 4) is 11.3 Å². The molecule has 168 valence electrons. The van der Waals surface area contributed by atoms with Crippen molar-refractivity contribution in [2.75, 3.05) is 5.32 Å². The van der Waals surface area contributed by atoms with Gasteiger partial charge in [-0.05, 0) is 55.7 Å². The maximum atomic E-state index is 14.2. The fraction of sp³-hybridized carbons (Fsp3) is 0.200. The van der Waals surface area contributed by atoms with Gasteiger partial charge in [-0.25, -0.2) is 8.78 Å². The van der Waals surface area contributed by atoms with Crippen molar-refractivity contribution >= 4 is 23.2 Å². The van der Waals surface area contributed by atoms with Crippen molar-refractivity contribution in [2.45, 2.75) is 33.2 Å². The number of nitrogens with one attached hydrogen (secondary N) is 1. The van der Waals surface area contributed by atoms with Gasteiger partial charge in [-0.2, -0.15) is 5.10 Å². The molecule has 0 spiro atoms. The zero-order valence-corrected chi connectivity index (χ0v) is 18.8. The van der Waals surface area contributed by atoms with Gasteiger partial charge in [0.1, 0.15) is 17.4 Å². The van der Waals surface area contributed by atoms with Crippen LogP contribution in [-0.2, 0) is 19.4 Å². The number of rotatable bonds is 4. The monoisotopic (exact) mass is 467 g/mol. The number of nitrogens with zero attached hydrogens (tertiary/aromatic N) is 2. The van der Waals surface area contributed by atoms with E-state index in [1.165, 1.54) is 12.1 Å². The second-order valence-electron chi connectivity index (χ2n) is 8.17. The SMILES string of the molecule is Cc1ccc(NC(=O)c2oc3c(c2C)-c2nn(Cc4c(F)cccc4Cl)cc2CC3)cc1F. The average Bonchev–Trinajstić information content (AvgIpc) is 3.34. The van der Waals surface area contributed by atoms with E-state index in [0.29, 0.717) is 51.7 Å². The number of furan rings is 1. The molecule has 0 saturated carbocycles. The number of hydrogen-bond donors (Lipinski definition) is 1. The van der Waals surface area contributed by atoms with Crippen molar-refractivity contribution < 1.29 is 18.0 Å². The van der Waals surface area contributed by atoms with E-state index in [2.05, 4.69) is 10.4 Å². The summed E-state index contributed by atoms with van der Waals surface area (Å²) in [6, 6.07) is 9.10. The molecule has 2 heterocycles. The van der Waals surface area contributed by atoms with Crippen LogP contribution >= 0.6 is 11.6 Å². The van der Waals surface area contributed by atoms with E-state index in [9.17, 15) is 13.6 Å². The Bertz CT molecular complexity index is 1390. The molecule has 8 heteroatoms. The molecule has 1 aliphatic carbocycles. The summed E-state index contributed by atoms with van der Waals surface area (Å²) in [6.07, 6.45) is 3.18. The lowest BCUT2D eigenvalue weighted by atomic mass is 9.93. The molecule has 4 aromatic rings. The number of halogens is 3. The molecule has 0 atom stereocenters. The number of hydrogen-bond acceptors (Lipinski definition) is 3. The number of aromatic nitrogens is 2. The van der Waals surface area contributed by atoms with Gasteiger partial charge >= 0.3 is 0 Å². The molecular weight excluding hydrogens is 448 g/mol. The first-order valence-electron chi connectivity index (χ1n) is 10.5. The molecule has 33 heavy (non-hydrogen) atoms. The normalized spacial score (nSPS) is 12.4. The van der Waals surface area contributed by atoms with Gasteiger partial charge in [0, 0.05) is 40.0 Å². The number of carbonyl (C=O) groups is 1. The Morgan fingerprint density at radius 3 is 2.76 bits per heavy atom. The van der Waals surface area contributed by atoms with Crippen molar-refractivity contribution in [1.82, 2.24) is 9.78 Å². The van der Waals surface area contributed by atoms with E-state index in [-0.39, 0.29) is 18.1 Å². The molecular formula is C25H20ClF2N3O2. The average molecular weight is 468 g/mol. The Hall–Kier alpha value is -3.45. The predicted molar refractivity (Wildman–Crippen MR) is 122 cm³/mol. The largest absolute Gasteiger partial charge is 0.455 e. The molecule has 5 rings (SSSR count). The first-order chi connectivity index (χ1) is 15.8. The van der Waals surface area contributed by atoms with Gasteiger partial charge in [0.05, 0.1) is 12.2 Å². The summed E-state index contributed by atoms with van der Waals surface area (Å²) in [7, 11) is 0. The summed E-state index contributed by atoms with van der Waals surface area (Å²) >= 11 is 6.17. The molecule has 0 radical (unpaired) electrons. The fourth-order valence-electron chi connectivity index (χ4n) is 4.16. The predicted octanol–water partition coefficient (Wildman–Crippen LogP) is 6.09. The minimum absolute atomic E-state index is 0.167. The lowest BCUT2D eigenvalue weighted by molar-refractivity contribution is 0.0994. The number of benzene rings is 2. The lowest BCUT2D eigenvalue weighted by Gasteiger charge is -2.09. The van der Waals surface area contributed by atoms with Crippen LogP contribution in [0, 0.1) is 25.5 Å². The highest BCUT2D eigenvalue weighted by atomic mass is 35.5. The Balaban J connectivity index is 1.45. The van der Waals surface area contributed by atoms with Gasteiger partial charge in [-0.3, -0.25) is 9.48 Å². The van der Waals surface area contributed by atoms with E-state index in [4.69, 9.17) is 16.0 Å². The van der Waals surface area contributed by atoms with Crippen LogP contribution in [-0.4, -0.2) is 15.7 Å². The Kier molecular flexibility index (Phi) is 5.29. The molecule has 0 saturated heterocycles. The number of amides is 1. The Morgan fingerprint density at radius 2 is 2.00 bits per heavy atom. The smallest absolute Gasteiger partial charge is 0.291 e. The van der Waals surface area contributed by atoms with Crippen molar-refractivity contribution in [1.29, 1.82) is 0 Å². The number of anilines is 1. The Labute approximate surface area is 194 Å². The van der Waals surface area contributed by atoms with Crippen LogP contribution in [0.5, 0.6) is 0 Å². The Morgan fingerprint density at radius 1 is 1.18 bits per heavy atom. The van der Waals surface area contributed by atoms with E-state index < -0.39 is 11.7 Å². The third-order valence-electron chi connectivity index (χ3n) is 5.93. The molecule has 5 nitrogen and oxygen atoms in total. The van der Waals surface area contributed by atoms with E-state index in [1.54, 1.807) is 42.8 Å². The first kappa shape index (κ1) is 21.4. The van der Waals surface area contributed by atoms with Crippen LogP contribution in [0.4, 0.5) is 14.5 Å². The van der Waals surface area contributed by atoms with Crippen LogP contribution < -0.4 is 5.32 Å². The van der Waals surface area contributed by atoms with Crippen LogP contribution in [0.3, 0.4) is 0 Å². The number of aryl methyl sites for hydroxylation is 3. The van der Waals surface area contributed by atoms with Gasteiger partial charge < -0.3 is 9.73 Å². The van der Waals surface area contributed by atoms with Crippen molar-refractivity contribution in [3.05, 3.63) is 93.0 Å². The molecule has 1 amide bonds. The van der Waals surface area contributed by atoms with E-state index in [1.807, 2.05) is 6.20 Å². The fourth-order valence-corrected chi connectivity index (χ4v) is 4.39. The van der Waals surface area contributed by atoms with Gasteiger partial charge in [0.15, 0.2) is 5.76 Å². The van der Waals surface area contributed by atoms with Crippen LogP contribution in [0.15, 0.2) is 47.0 Å². The molecule has 1 aliphatic rings. The zero-order valence-electron chi connectivity index (χ0n) is 18.0. The minimum Gasteiger partial charge on any atom is -0.455 e. The molecule has 0 aliphatic heterocycles. The summed E-state index contributed by atoms with van der Waals surface area (Å²) in [6.45, 7) is 3.65. The highest BCUT2D eigenvalue weighted by Gasteiger charge is 2.30. The molecule has 0 unspecified atom stereocenters. The van der Waals surface area contributed by atoms with Crippen molar-refractivity contribution in [3.63, 3.8) is 0 Å². The summed E-state index contributed by atoms with van der Waals surface area (Å²) in [5, 5.41) is 7.70. The van der Waals surface area contributed by atoms with Crippen molar-refractivity contribution in [2.24, 2.45) is 0 Å². The van der Waals surface area contributed by atoms with Crippen LogP contribution in [0.1, 0.15) is 38.6 Å². The lowest BCUT2D eigenvalue weighted by Crippen LogP contribution is -2.12. The highest BCUT2D eigenvalue weighted by molar-refractivity contribution is 6.31. The third-order valence-corrected chi connectivity index (χ3v) is 6.29. The standard InChI is InChI=1S/C25H20ClF2N3O2/c1-13-6-8-16(10-20(13)28)29-25(32)24-14(2)22-21(33-24)9-7-15-11-31(30-23(15)22)12-17-18(26)4-3-5-19(17)27/h3-6,8,10-11H,7,9,12H2,1-2H3,(H,29,32). The van der Waals surface area contributed by atoms with Crippen LogP contribution in [0.2, 0.25) is 5.02 Å². The third kappa shape index (κ3) is 3.82.